The van der Waals surface area contributed by atoms with E-state index >= 15 is 0 Å². The average Bonchev–Trinajstić information content (AvgIpc) is 2.28. The van der Waals surface area contributed by atoms with Crippen LogP contribution in [0, 0.1) is 0 Å². The monoisotopic (exact) mass is 213 g/mol. The molecule has 1 rings (SSSR count). The number of piperidine rings is 1. The Morgan fingerprint density at radius 2 is 2.07 bits per heavy atom. The highest BCUT2D eigenvalue weighted by molar-refractivity contribution is 5.79. The molecule has 1 aliphatic rings. The number of ketones is 1. The van der Waals surface area contributed by atoms with Crippen molar-refractivity contribution in [3.8, 4) is 0 Å². The zero-order valence-corrected chi connectivity index (χ0v) is 9.76. The topological polar surface area (TPSA) is 38.3 Å². The predicted octanol–water partition coefficient (Wildman–Crippen LogP) is 1.90. The van der Waals surface area contributed by atoms with E-state index in [1.54, 1.807) is 0 Å². The van der Waals surface area contributed by atoms with E-state index in [1.165, 1.54) is 6.42 Å². The van der Waals surface area contributed by atoms with Gasteiger partial charge in [-0.25, -0.2) is 0 Å². The predicted molar refractivity (Wildman–Crippen MR) is 61.0 cm³/mol. The first-order valence-electron chi connectivity index (χ1n) is 6.17. The van der Waals surface area contributed by atoms with Gasteiger partial charge in [-0.2, -0.15) is 0 Å². The molecule has 0 atom stereocenters. The first kappa shape index (κ1) is 12.7. The van der Waals surface area contributed by atoms with Gasteiger partial charge in [0.1, 0.15) is 6.61 Å². The van der Waals surface area contributed by atoms with Crippen molar-refractivity contribution in [1.29, 1.82) is 0 Å². The third-order valence-corrected chi connectivity index (χ3v) is 2.83. The van der Waals surface area contributed by atoms with Crippen LogP contribution in [0.3, 0.4) is 0 Å². The highest BCUT2D eigenvalue weighted by Gasteiger charge is 2.14. The molecule has 0 bridgehead atoms. The van der Waals surface area contributed by atoms with Crippen LogP contribution in [-0.4, -0.2) is 31.6 Å². The van der Waals surface area contributed by atoms with Crippen molar-refractivity contribution in [2.24, 2.45) is 0 Å². The van der Waals surface area contributed by atoms with Crippen LogP contribution < -0.4 is 5.32 Å². The number of nitrogens with one attached hydrogen (secondary N) is 1. The number of hydrogen-bond donors (Lipinski definition) is 1. The summed E-state index contributed by atoms with van der Waals surface area (Å²) in [4.78, 5) is 11.4. The lowest BCUT2D eigenvalue weighted by atomic mass is 10.1. The molecule has 15 heavy (non-hydrogen) atoms. The van der Waals surface area contributed by atoms with Crippen molar-refractivity contribution < 1.29 is 9.53 Å². The number of hydrogen-bond acceptors (Lipinski definition) is 3. The Hall–Kier alpha value is -0.410. The number of carbonyl (C=O) groups is 1. The lowest BCUT2D eigenvalue weighted by Crippen LogP contribution is -2.33. The van der Waals surface area contributed by atoms with Crippen molar-refractivity contribution in [3.05, 3.63) is 0 Å². The number of carbonyl (C=O) groups excluding carboxylic acids is 1. The zero-order chi connectivity index (χ0) is 10.9. The van der Waals surface area contributed by atoms with Crippen molar-refractivity contribution >= 4 is 5.78 Å². The van der Waals surface area contributed by atoms with E-state index in [2.05, 4.69) is 12.2 Å². The summed E-state index contributed by atoms with van der Waals surface area (Å²) in [6, 6.07) is 0. The molecule has 0 unspecified atom stereocenters. The van der Waals surface area contributed by atoms with Gasteiger partial charge in [-0.3, -0.25) is 4.79 Å². The van der Waals surface area contributed by atoms with Gasteiger partial charge in [0.15, 0.2) is 5.78 Å². The maximum atomic E-state index is 11.4. The number of rotatable bonds is 7. The smallest absolute Gasteiger partial charge is 0.158 e. The van der Waals surface area contributed by atoms with Crippen LogP contribution in [-0.2, 0) is 9.53 Å². The van der Waals surface area contributed by atoms with E-state index in [0.717, 1.165) is 38.8 Å². The summed E-state index contributed by atoms with van der Waals surface area (Å²) in [7, 11) is 0. The zero-order valence-electron chi connectivity index (χ0n) is 9.76. The second kappa shape index (κ2) is 7.83. The summed E-state index contributed by atoms with van der Waals surface area (Å²) < 4.78 is 5.59. The maximum absolute atomic E-state index is 11.4. The molecule has 0 radical (unpaired) electrons. The van der Waals surface area contributed by atoms with Gasteiger partial charge < -0.3 is 10.1 Å². The fraction of sp³-hybridized carbons (Fsp3) is 0.917. The highest BCUT2D eigenvalue weighted by atomic mass is 16.5. The van der Waals surface area contributed by atoms with Crippen LogP contribution in [0.1, 0.15) is 45.4 Å². The summed E-state index contributed by atoms with van der Waals surface area (Å²) in [6.07, 6.45) is 6.43. The van der Waals surface area contributed by atoms with Crippen LogP contribution in [0.15, 0.2) is 0 Å². The Labute approximate surface area is 92.6 Å². The Balaban J connectivity index is 2.00. The summed E-state index contributed by atoms with van der Waals surface area (Å²) in [6.45, 7) is 4.52. The number of Topliss-reactive ketones (excluding diaryl/α,β-unsaturated/α-hetero) is 1. The molecule has 1 aliphatic heterocycles. The van der Waals surface area contributed by atoms with Gasteiger partial charge in [-0.05, 0) is 32.4 Å². The first-order chi connectivity index (χ1) is 7.33. The molecule has 0 aromatic heterocycles. The summed E-state index contributed by atoms with van der Waals surface area (Å²) in [5, 5.41) is 3.28. The number of ether oxygens (including phenoxy) is 1. The van der Waals surface area contributed by atoms with Crippen LogP contribution >= 0.6 is 0 Å². The van der Waals surface area contributed by atoms with Gasteiger partial charge in [0.25, 0.3) is 0 Å². The lowest BCUT2D eigenvalue weighted by Gasteiger charge is -2.22. The van der Waals surface area contributed by atoms with Crippen LogP contribution in [0.2, 0.25) is 0 Å². The van der Waals surface area contributed by atoms with E-state index in [0.29, 0.717) is 19.1 Å². The van der Waals surface area contributed by atoms with E-state index in [-0.39, 0.29) is 5.78 Å². The minimum absolute atomic E-state index is 0.266. The third kappa shape index (κ3) is 5.90. The molecule has 0 aromatic carbocycles. The van der Waals surface area contributed by atoms with Gasteiger partial charge in [0.05, 0.1) is 6.10 Å². The van der Waals surface area contributed by atoms with E-state index in [9.17, 15) is 4.79 Å². The lowest BCUT2D eigenvalue weighted by molar-refractivity contribution is -0.126. The van der Waals surface area contributed by atoms with E-state index in [4.69, 9.17) is 4.74 Å². The third-order valence-electron chi connectivity index (χ3n) is 2.83. The molecule has 3 heteroatoms. The first-order valence-corrected chi connectivity index (χ1v) is 6.17. The Kier molecular flexibility index (Phi) is 6.60. The molecule has 1 saturated heterocycles. The fourth-order valence-corrected chi connectivity index (χ4v) is 1.82. The van der Waals surface area contributed by atoms with Crippen LogP contribution in [0.5, 0.6) is 0 Å². The summed E-state index contributed by atoms with van der Waals surface area (Å²) in [5.74, 6) is 0.266. The second-order valence-electron chi connectivity index (χ2n) is 4.26. The quantitative estimate of drug-likeness (QED) is 0.656. The molecule has 1 heterocycles. The molecule has 0 aliphatic carbocycles. The molecule has 88 valence electrons. The van der Waals surface area contributed by atoms with Gasteiger partial charge in [0.2, 0.25) is 0 Å². The van der Waals surface area contributed by atoms with E-state index < -0.39 is 0 Å². The maximum Gasteiger partial charge on any atom is 0.158 e. The number of unbranched alkanes of at least 4 members (excludes halogenated alkanes) is 2. The average molecular weight is 213 g/mol. The molecule has 0 amide bonds. The van der Waals surface area contributed by atoms with Crippen LogP contribution in [0.4, 0.5) is 0 Å². The standard InChI is InChI=1S/C12H23NO2/c1-2-3-4-5-11(14)10-15-12-6-8-13-9-7-12/h12-13H,2-10H2,1H3. The molecule has 0 spiro atoms. The van der Waals surface area contributed by atoms with Crippen molar-refractivity contribution in [2.45, 2.75) is 51.6 Å². The van der Waals surface area contributed by atoms with Crippen molar-refractivity contribution in [2.75, 3.05) is 19.7 Å². The van der Waals surface area contributed by atoms with E-state index in [1.807, 2.05) is 0 Å². The second-order valence-corrected chi connectivity index (χ2v) is 4.26. The Morgan fingerprint density at radius 1 is 1.33 bits per heavy atom. The normalized spacial score (nSPS) is 17.9. The summed E-state index contributed by atoms with van der Waals surface area (Å²) >= 11 is 0. The van der Waals surface area contributed by atoms with Gasteiger partial charge in [0, 0.05) is 6.42 Å². The van der Waals surface area contributed by atoms with Gasteiger partial charge >= 0.3 is 0 Å². The van der Waals surface area contributed by atoms with Crippen LogP contribution in [0.25, 0.3) is 0 Å². The molecular formula is C12H23NO2. The molecule has 0 saturated carbocycles. The van der Waals surface area contributed by atoms with Gasteiger partial charge in [-0.1, -0.05) is 19.8 Å². The largest absolute Gasteiger partial charge is 0.370 e. The van der Waals surface area contributed by atoms with Crippen molar-refractivity contribution in [3.63, 3.8) is 0 Å². The fourth-order valence-electron chi connectivity index (χ4n) is 1.82. The molecular weight excluding hydrogens is 190 g/mol. The molecule has 3 nitrogen and oxygen atoms in total. The minimum Gasteiger partial charge on any atom is -0.370 e. The summed E-state index contributed by atoms with van der Waals surface area (Å²) in [5.41, 5.74) is 0. The Morgan fingerprint density at radius 3 is 2.73 bits per heavy atom. The molecule has 1 fully saturated rings. The minimum atomic E-state index is 0.266. The Bertz CT molecular complexity index is 176. The SMILES string of the molecule is CCCCCC(=O)COC1CCNCC1. The molecule has 0 aromatic rings. The van der Waals surface area contributed by atoms with Crippen molar-refractivity contribution in [1.82, 2.24) is 5.32 Å². The van der Waals surface area contributed by atoms with Gasteiger partial charge in [-0.15, -0.1) is 0 Å². The molecule has 1 N–H and O–H groups in total. The highest BCUT2D eigenvalue weighted by Crippen LogP contribution is 2.08.